The molecule has 0 aromatic carbocycles. The zero-order chi connectivity index (χ0) is 9.84. The van der Waals surface area contributed by atoms with E-state index in [0.29, 0.717) is 6.54 Å². The molecule has 0 atom stereocenters. The van der Waals surface area contributed by atoms with Crippen LogP contribution in [-0.4, -0.2) is 30.6 Å². The summed E-state index contributed by atoms with van der Waals surface area (Å²) in [6, 6.07) is 1.96. The molecular weight excluding hydrogens is 164 g/mol. The highest BCUT2D eigenvalue weighted by Gasteiger charge is 2.02. The van der Waals surface area contributed by atoms with E-state index in [2.05, 4.69) is 9.97 Å². The third kappa shape index (κ3) is 2.66. The molecule has 0 amide bonds. The molecule has 13 heavy (non-hydrogen) atoms. The number of aryl methyl sites for hydroxylation is 1. The Morgan fingerprint density at radius 3 is 2.62 bits per heavy atom. The molecule has 72 valence electrons. The summed E-state index contributed by atoms with van der Waals surface area (Å²) >= 11 is 0. The maximum Gasteiger partial charge on any atom is 0.132 e. The van der Waals surface area contributed by atoms with E-state index < -0.39 is 0 Å². The molecule has 0 saturated heterocycles. The number of anilines is 1. The summed E-state index contributed by atoms with van der Waals surface area (Å²) in [5.74, 6) is 1.77. The molecule has 0 aliphatic heterocycles. The van der Waals surface area contributed by atoms with Crippen molar-refractivity contribution in [1.29, 1.82) is 0 Å². The van der Waals surface area contributed by atoms with Crippen molar-refractivity contribution in [3.8, 4) is 0 Å². The average Bonchev–Trinajstić information content (AvgIpc) is 2.03. The van der Waals surface area contributed by atoms with Gasteiger partial charge in [-0.2, -0.15) is 0 Å². The van der Waals surface area contributed by atoms with Crippen molar-refractivity contribution in [2.45, 2.75) is 13.3 Å². The lowest BCUT2D eigenvalue weighted by atomic mass is 10.3. The van der Waals surface area contributed by atoms with Crippen LogP contribution in [0.4, 0.5) is 5.82 Å². The number of rotatable bonds is 3. The van der Waals surface area contributed by atoms with Gasteiger partial charge in [0.2, 0.25) is 0 Å². The minimum Gasteiger partial charge on any atom is -0.363 e. The second-order valence-corrected chi connectivity index (χ2v) is 3.22. The predicted molar refractivity (Wildman–Crippen MR) is 53.9 cm³/mol. The van der Waals surface area contributed by atoms with Gasteiger partial charge in [-0.1, -0.05) is 0 Å². The van der Waals surface area contributed by atoms with Crippen LogP contribution >= 0.6 is 0 Å². The molecular formula is C9H16N4. The molecule has 1 rings (SSSR count). The van der Waals surface area contributed by atoms with E-state index in [9.17, 15) is 0 Å². The number of nitrogens with two attached hydrogens (primary N) is 1. The molecule has 1 heterocycles. The van der Waals surface area contributed by atoms with Gasteiger partial charge in [0.1, 0.15) is 11.6 Å². The van der Waals surface area contributed by atoms with Crippen LogP contribution in [-0.2, 0) is 6.42 Å². The molecule has 2 N–H and O–H groups in total. The molecule has 1 aromatic rings. The molecule has 0 radical (unpaired) electrons. The summed E-state index contributed by atoms with van der Waals surface area (Å²) in [4.78, 5) is 10.6. The van der Waals surface area contributed by atoms with Gasteiger partial charge in [-0.3, -0.25) is 0 Å². The first-order valence-electron chi connectivity index (χ1n) is 4.35. The maximum absolute atomic E-state index is 5.44. The number of hydrogen-bond acceptors (Lipinski definition) is 4. The fraction of sp³-hybridized carbons (Fsp3) is 0.556. The van der Waals surface area contributed by atoms with Crippen molar-refractivity contribution in [3.05, 3.63) is 17.6 Å². The van der Waals surface area contributed by atoms with Crippen LogP contribution in [0.25, 0.3) is 0 Å². The van der Waals surface area contributed by atoms with Crippen LogP contribution in [0.15, 0.2) is 6.07 Å². The van der Waals surface area contributed by atoms with Gasteiger partial charge < -0.3 is 10.6 Å². The lowest BCUT2D eigenvalue weighted by molar-refractivity contribution is 0.846. The minimum atomic E-state index is 0.594. The largest absolute Gasteiger partial charge is 0.363 e. The fourth-order valence-corrected chi connectivity index (χ4v) is 1.08. The average molecular weight is 180 g/mol. The molecule has 0 spiro atoms. The molecule has 4 nitrogen and oxygen atoms in total. The van der Waals surface area contributed by atoms with Crippen LogP contribution < -0.4 is 10.6 Å². The Balaban J connectivity index is 2.96. The topological polar surface area (TPSA) is 55.0 Å². The molecule has 0 bridgehead atoms. The molecule has 1 aromatic heterocycles. The third-order valence-corrected chi connectivity index (χ3v) is 1.71. The SMILES string of the molecule is Cc1cc(N(C)C)nc(CCN)n1. The monoisotopic (exact) mass is 180 g/mol. The zero-order valence-electron chi connectivity index (χ0n) is 8.41. The van der Waals surface area contributed by atoms with Crippen molar-refractivity contribution >= 4 is 5.82 Å². The highest BCUT2D eigenvalue weighted by molar-refractivity contribution is 5.37. The molecule has 0 saturated carbocycles. The van der Waals surface area contributed by atoms with Crippen LogP contribution in [0.2, 0.25) is 0 Å². The second-order valence-electron chi connectivity index (χ2n) is 3.22. The molecule has 0 fully saturated rings. The van der Waals surface area contributed by atoms with Gasteiger partial charge in [-0.05, 0) is 13.5 Å². The molecule has 0 aliphatic carbocycles. The second kappa shape index (κ2) is 4.18. The number of hydrogen-bond donors (Lipinski definition) is 1. The molecule has 4 heteroatoms. The Morgan fingerprint density at radius 2 is 2.08 bits per heavy atom. The Hall–Kier alpha value is -1.16. The lowest BCUT2D eigenvalue weighted by Crippen LogP contribution is -2.14. The van der Waals surface area contributed by atoms with Crippen molar-refractivity contribution in [2.24, 2.45) is 5.73 Å². The van der Waals surface area contributed by atoms with E-state index in [1.54, 1.807) is 0 Å². The summed E-state index contributed by atoms with van der Waals surface area (Å²) in [5.41, 5.74) is 6.43. The summed E-state index contributed by atoms with van der Waals surface area (Å²) in [6.07, 6.45) is 0.739. The smallest absolute Gasteiger partial charge is 0.132 e. The van der Waals surface area contributed by atoms with Gasteiger partial charge in [-0.25, -0.2) is 9.97 Å². The predicted octanol–water partition coefficient (Wildman–Crippen LogP) is 0.352. The van der Waals surface area contributed by atoms with Crippen LogP contribution in [0.1, 0.15) is 11.5 Å². The van der Waals surface area contributed by atoms with Crippen LogP contribution in [0.5, 0.6) is 0 Å². The summed E-state index contributed by atoms with van der Waals surface area (Å²) < 4.78 is 0. The van der Waals surface area contributed by atoms with E-state index in [0.717, 1.165) is 23.8 Å². The first-order valence-corrected chi connectivity index (χ1v) is 4.35. The Labute approximate surface area is 78.8 Å². The van der Waals surface area contributed by atoms with E-state index in [1.807, 2.05) is 32.0 Å². The summed E-state index contributed by atoms with van der Waals surface area (Å²) in [6.45, 7) is 2.56. The number of aromatic nitrogens is 2. The third-order valence-electron chi connectivity index (χ3n) is 1.71. The fourth-order valence-electron chi connectivity index (χ4n) is 1.08. The molecule has 0 aliphatic rings. The maximum atomic E-state index is 5.44. The minimum absolute atomic E-state index is 0.594. The van der Waals surface area contributed by atoms with Gasteiger partial charge in [0.15, 0.2) is 0 Å². The lowest BCUT2D eigenvalue weighted by Gasteiger charge is -2.12. The van der Waals surface area contributed by atoms with Gasteiger partial charge in [0, 0.05) is 32.3 Å². The van der Waals surface area contributed by atoms with Crippen molar-refractivity contribution in [1.82, 2.24) is 9.97 Å². The first-order chi connectivity index (χ1) is 6.13. The van der Waals surface area contributed by atoms with Gasteiger partial charge in [0.25, 0.3) is 0 Å². The van der Waals surface area contributed by atoms with Gasteiger partial charge in [0.05, 0.1) is 0 Å². The van der Waals surface area contributed by atoms with E-state index in [1.165, 1.54) is 0 Å². The van der Waals surface area contributed by atoms with Crippen molar-refractivity contribution in [3.63, 3.8) is 0 Å². The quantitative estimate of drug-likeness (QED) is 0.729. The Bertz CT molecular complexity index is 283. The van der Waals surface area contributed by atoms with E-state index in [-0.39, 0.29) is 0 Å². The summed E-state index contributed by atoms with van der Waals surface area (Å²) in [7, 11) is 3.93. The Kier molecular flexibility index (Phi) is 3.19. The van der Waals surface area contributed by atoms with E-state index >= 15 is 0 Å². The standard InChI is InChI=1S/C9H16N4/c1-7-6-9(13(2)3)12-8(11-7)4-5-10/h6H,4-5,10H2,1-3H3. The first kappa shape index (κ1) is 9.92. The Morgan fingerprint density at radius 1 is 1.38 bits per heavy atom. The zero-order valence-corrected chi connectivity index (χ0v) is 8.41. The highest BCUT2D eigenvalue weighted by atomic mass is 15.1. The summed E-state index contributed by atoms with van der Waals surface area (Å²) in [5, 5.41) is 0. The van der Waals surface area contributed by atoms with Crippen LogP contribution in [0, 0.1) is 6.92 Å². The molecule has 0 unspecified atom stereocenters. The van der Waals surface area contributed by atoms with Crippen LogP contribution in [0.3, 0.4) is 0 Å². The number of nitrogens with zero attached hydrogens (tertiary/aromatic N) is 3. The highest BCUT2D eigenvalue weighted by Crippen LogP contribution is 2.08. The normalized spacial score (nSPS) is 10.2. The van der Waals surface area contributed by atoms with Gasteiger partial charge >= 0.3 is 0 Å². The van der Waals surface area contributed by atoms with E-state index in [4.69, 9.17) is 5.73 Å². The van der Waals surface area contributed by atoms with Crippen molar-refractivity contribution in [2.75, 3.05) is 25.5 Å². The van der Waals surface area contributed by atoms with Crippen molar-refractivity contribution < 1.29 is 0 Å². The van der Waals surface area contributed by atoms with Gasteiger partial charge in [-0.15, -0.1) is 0 Å².